The fraction of sp³-hybridized carbons (Fsp3) is 0.273. The molecule has 1 aliphatic rings. The number of aryl methyl sites for hydroxylation is 1. The van der Waals surface area contributed by atoms with Crippen molar-refractivity contribution in [2.45, 2.75) is 13.6 Å². The Morgan fingerprint density at radius 3 is 2.43 bits per heavy atom. The van der Waals surface area contributed by atoms with Crippen LogP contribution in [0.25, 0.3) is 16.6 Å². The van der Waals surface area contributed by atoms with Gasteiger partial charge in [-0.15, -0.1) is 0 Å². The number of fused-ring (bicyclic) bond motifs is 3. The molecule has 6 heteroatoms. The van der Waals surface area contributed by atoms with E-state index in [1.807, 2.05) is 4.68 Å². The minimum absolute atomic E-state index is 0.733. The highest BCUT2D eigenvalue weighted by molar-refractivity contribution is 7.71. The first kappa shape index (κ1) is 17.4. The first-order valence-corrected chi connectivity index (χ1v) is 10.1. The average Bonchev–Trinajstić information content (AvgIpc) is 3.04. The lowest BCUT2D eigenvalue weighted by Crippen LogP contribution is -2.46. The average molecular weight is 390 g/mol. The Labute approximate surface area is 169 Å². The lowest BCUT2D eigenvalue weighted by atomic mass is 10.1. The highest BCUT2D eigenvalue weighted by Crippen LogP contribution is 2.22. The molecule has 1 saturated heterocycles. The molecule has 2 aromatic heterocycles. The third-order valence-corrected chi connectivity index (χ3v) is 6.00. The summed E-state index contributed by atoms with van der Waals surface area (Å²) in [5.41, 5.74) is 4.58. The SMILES string of the molecule is Cc1cc2nn(CN3CCN(c4ccccc4)CC3)c(=S)n2c2ccccc12. The Morgan fingerprint density at radius 1 is 0.929 bits per heavy atom. The van der Waals surface area contributed by atoms with Gasteiger partial charge in [-0.2, -0.15) is 5.10 Å². The van der Waals surface area contributed by atoms with Crippen LogP contribution >= 0.6 is 12.2 Å². The number of piperazine rings is 1. The Balaban J connectivity index is 1.40. The number of pyridine rings is 1. The van der Waals surface area contributed by atoms with E-state index in [0.717, 1.165) is 48.8 Å². The molecule has 3 heterocycles. The summed E-state index contributed by atoms with van der Waals surface area (Å²) in [5, 5.41) is 6.04. The molecule has 0 aliphatic carbocycles. The molecule has 4 aromatic rings. The van der Waals surface area contributed by atoms with Crippen LogP contribution in [-0.4, -0.2) is 45.3 Å². The van der Waals surface area contributed by atoms with Crippen LogP contribution in [0.3, 0.4) is 0 Å². The fourth-order valence-electron chi connectivity index (χ4n) is 4.09. The molecule has 142 valence electrons. The van der Waals surface area contributed by atoms with E-state index < -0.39 is 0 Å². The minimum atomic E-state index is 0.733. The Kier molecular flexibility index (Phi) is 4.37. The van der Waals surface area contributed by atoms with Crippen molar-refractivity contribution >= 4 is 34.5 Å². The van der Waals surface area contributed by atoms with Gasteiger partial charge in [0.25, 0.3) is 0 Å². The number of benzene rings is 2. The number of aromatic nitrogens is 3. The normalized spacial score (nSPS) is 15.5. The van der Waals surface area contributed by atoms with Gasteiger partial charge in [-0.1, -0.05) is 36.4 Å². The first-order chi connectivity index (χ1) is 13.7. The van der Waals surface area contributed by atoms with Gasteiger partial charge in [0.15, 0.2) is 5.65 Å². The number of nitrogens with zero attached hydrogens (tertiary/aromatic N) is 5. The van der Waals surface area contributed by atoms with Gasteiger partial charge in [-0.05, 0) is 49.0 Å². The van der Waals surface area contributed by atoms with E-state index in [1.54, 1.807) is 0 Å². The second kappa shape index (κ2) is 7.04. The van der Waals surface area contributed by atoms with E-state index in [4.69, 9.17) is 17.3 Å². The summed E-state index contributed by atoms with van der Waals surface area (Å²) in [6.45, 7) is 6.91. The molecular formula is C22H23N5S. The maximum atomic E-state index is 5.79. The fourth-order valence-corrected chi connectivity index (χ4v) is 4.38. The van der Waals surface area contributed by atoms with E-state index in [-0.39, 0.29) is 0 Å². The topological polar surface area (TPSA) is 28.7 Å². The number of para-hydroxylation sites is 2. The summed E-state index contributed by atoms with van der Waals surface area (Å²) in [5.74, 6) is 0. The maximum Gasteiger partial charge on any atom is 0.204 e. The first-order valence-electron chi connectivity index (χ1n) is 9.71. The molecule has 0 atom stereocenters. The van der Waals surface area contributed by atoms with Crippen LogP contribution in [0.15, 0.2) is 60.7 Å². The van der Waals surface area contributed by atoms with Crippen molar-refractivity contribution in [3.05, 3.63) is 71.0 Å². The smallest absolute Gasteiger partial charge is 0.204 e. The van der Waals surface area contributed by atoms with Crippen LogP contribution in [0.1, 0.15) is 5.56 Å². The molecule has 0 radical (unpaired) electrons. The highest BCUT2D eigenvalue weighted by Gasteiger charge is 2.18. The number of rotatable bonds is 3. The summed E-state index contributed by atoms with van der Waals surface area (Å²) < 4.78 is 4.82. The number of anilines is 1. The second-order valence-corrected chi connectivity index (χ2v) is 7.77. The van der Waals surface area contributed by atoms with Crippen molar-refractivity contribution in [3.8, 4) is 0 Å². The zero-order valence-electron chi connectivity index (χ0n) is 16.0. The van der Waals surface area contributed by atoms with Crippen molar-refractivity contribution in [3.63, 3.8) is 0 Å². The molecule has 5 nitrogen and oxygen atoms in total. The van der Waals surface area contributed by atoms with Crippen molar-refractivity contribution in [2.24, 2.45) is 0 Å². The van der Waals surface area contributed by atoms with Crippen molar-refractivity contribution in [1.82, 2.24) is 19.1 Å². The summed E-state index contributed by atoms with van der Waals surface area (Å²) in [6.07, 6.45) is 0. The van der Waals surface area contributed by atoms with Gasteiger partial charge < -0.3 is 4.90 Å². The lowest BCUT2D eigenvalue weighted by molar-refractivity contribution is 0.195. The third-order valence-electron chi connectivity index (χ3n) is 5.61. The summed E-state index contributed by atoms with van der Waals surface area (Å²) in [6, 6.07) is 21.2. The number of hydrogen-bond acceptors (Lipinski definition) is 4. The minimum Gasteiger partial charge on any atom is -0.369 e. The molecular weight excluding hydrogens is 366 g/mol. The standard InChI is InChI=1S/C22H23N5S/c1-17-15-21-23-26(22(28)27(21)20-10-6-5-9-19(17)20)16-24-11-13-25(14-12-24)18-7-3-2-4-8-18/h2-10,15H,11-14,16H2,1H3. The van der Waals surface area contributed by atoms with Gasteiger partial charge in [0.2, 0.25) is 4.77 Å². The predicted molar refractivity (Wildman–Crippen MR) is 116 cm³/mol. The predicted octanol–water partition coefficient (Wildman–Crippen LogP) is 4.11. The zero-order chi connectivity index (χ0) is 19.1. The quantitative estimate of drug-likeness (QED) is 0.493. The Bertz CT molecular complexity index is 1190. The molecule has 0 amide bonds. The number of hydrogen-bond donors (Lipinski definition) is 0. The van der Waals surface area contributed by atoms with Crippen LogP contribution in [0.4, 0.5) is 5.69 Å². The zero-order valence-corrected chi connectivity index (χ0v) is 16.8. The molecule has 0 N–H and O–H groups in total. The third kappa shape index (κ3) is 2.99. The molecule has 0 unspecified atom stereocenters. The highest BCUT2D eigenvalue weighted by atomic mass is 32.1. The van der Waals surface area contributed by atoms with E-state index in [9.17, 15) is 0 Å². The van der Waals surface area contributed by atoms with E-state index in [2.05, 4.69) is 81.8 Å². The van der Waals surface area contributed by atoms with Crippen molar-refractivity contribution in [1.29, 1.82) is 0 Å². The molecule has 2 aromatic carbocycles. The van der Waals surface area contributed by atoms with Gasteiger partial charge in [0.1, 0.15) is 0 Å². The van der Waals surface area contributed by atoms with E-state index in [1.165, 1.54) is 16.6 Å². The van der Waals surface area contributed by atoms with Crippen LogP contribution in [-0.2, 0) is 6.67 Å². The van der Waals surface area contributed by atoms with Gasteiger partial charge in [0, 0.05) is 37.3 Å². The maximum absolute atomic E-state index is 5.79. The van der Waals surface area contributed by atoms with Crippen molar-refractivity contribution in [2.75, 3.05) is 31.1 Å². The Hall–Kier alpha value is -2.70. The molecule has 1 aliphatic heterocycles. The summed E-state index contributed by atoms with van der Waals surface area (Å²) in [7, 11) is 0. The summed E-state index contributed by atoms with van der Waals surface area (Å²) in [4.78, 5) is 4.87. The molecule has 28 heavy (non-hydrogen) atoms. The van der Waals surface area contributed by atoms with Crippen LogP contribution < -0.4 is 4.90 Å². The Morgan fingerprint density at radius 2 is 1.64 bits per heavy atom. The van der Waals surface area contributed by atoms with Gasteiger partial charge >= 0.3 is 0 Å². The largest absolute Gasteiger partial charge is 0.369 e. The van der Waals surface area contributed by atoms with Crippen LogP contribution in [0, 0.1) is 11.7 Å². The van der Waals surface area contributed by atoms with Crippen LogP contribution in [0.5, 0.6) is 0 Å². The molecule has 0 bridgehead atoms. The van der Waals surface area contributed by atoms with E-state index in [0.29, 0.717) is 0 Å². The summed E-state index contributed by atoms with van der Waals surface area (Å²) >= 11 is 5.79. The van der Waals surface area contributed by atoms with Crippen molar-refractivity contribution < 1.29 is 0 Å². The van der Waals surface area contributed by atoms with Crippen LogP contribution in [0.2, 0.25) is 0 Å². The molecule has 0 spiro atoms. The van der Waals surface area contributed by atoms with Gasteiger partial charge in [0.05, 0.1) is 12.2 Å². The monoisotopic (exact) mass is 389 g/mol. The molecule has 5 rings (SSSR count). The van der Waals surface area contributed by atoms with Gasteiger partial charge in [-0.3, -0.25) is 9.30 Å². The molecule has 1 fully saturated rings. The second-order valence-electron chi connectivity index (χ2n) is 7.40. The lowest BCUT2D eigenvalue weighted by Gasteiger charge is -2.35. The molecule has 0 saturated carbocycles. The van der Waals surface area contributed by atoms with E-state index >= 15 is 0 Å². The van der Waals surface area contributed by atoms with Gasteiger partial charge in [-0.25, -0.2) is 4.68 Å².